The van der Waals surface area contributed by atoms with Gasteiger partial charge in [0.25, 0.3) is 0 Å². The van der Waals surface area contributed by atoms with Gasteiger partial charge >= 0.3 is 0 Å². The van der Waals surface area contributed by atoms with Crippen LogP contribution >= 0.6 is 11.8 Å². The fourth-order valence-corrected chi connectivity index (χ4v) is 2.78. The van der Waals surface area contributed by atoms with Gasteiger partial charge < -0.3 is 5.32 Å². The molecule has 0 saturated heterocycles. The zero-order valence-corrected chi connectivity index (χ0v) is 11.6. The Morgan fingerprint density at radius 2 is 2.11 bits per heavy atom. The fraction of sp³-hybridized carbons (Fsp3) is 0.267. The summed E-state index contributed by atoms with van der Waals surface area (Å²) in [6.07, 6.45) is 1.86. The van der Waals surface area contributed by atoms with Crippen LogP contribution in [-0.2, 0) is 12.3 Å². The van der Waals surface area contributed by atoms with Crippen molar-refractivity contribution in [2.45, 2.75) is 24.2 Å². The minimum Gasteiger partial charge on any atom is -0.316 e. The highest BCUT2D eigenvalue weighted by Gasteiger charge is 2.03. The molecule has 0 spiro atoms. The molecule has 0 fully saturated rings. The van der Waals surface area contributed by atoms with E-state index in [0.29, 0.717) is 0 Å². The van der Waals surface area contributed by atoms with Crippen LogP contribution in [0.5, 0.6) is 0 Å². The molecule has 94 valence electrons. The summed E-state index contributed by atoms with van der Waals surface area (Å²) in [5.41, 5.74) is 3.92. The van der Waals surface area contributed by atoms with Crippen LogP contribution < -0.4 is 5.32 Å². The number of nitrogens with one attached hydrogen (secondary N) is 1. The zero-order valence-electron chi connectivity index (χ0n) is 10.8. The lowest BCUT2D eigenvalue weighted by Crippen LogP contribution is -2.06. The third kappa shape index (κ3) is 3.59. The summed E-state index contributed by atoms with van der Waals surface area (Å²) in [4.78, 5) is 4.46. The normalized spacial score (nSPS) is 10.6. The summed E-state index contributed by atoms with van der Waals surface area (Å²) in [5.74, 6) is 0.968. The monoisotopic (exact) mass is 258 g/mol. The first-order valence-electron chi connectivity index (χ1n) is 6.06. The van der Waals surface area contributed by atoms with E-state index in [-0.39, 0.29) is 0 Å². The van der Waals surface area contributed by atoms with Gasteiger partial charge in [0.1, 0.15) is 5.03 Å². The van der Waals surface area contributed by atoms with Gasteiger partial charge in [0.2, 0.25) is 0 Å². The molecule has 0 aliphatic carbocycles. The third-order valence-electron chi connectivity index (χ3n) is 2.68. The topological polar surface area (TPSA) is 24.9 Å². The van der Waals surface area contributed by atoms with Crippen molar-refractivity contribution in [2.24, 2.45) is 0 Å². The first-order chi connectivity index (χ1) is 8.79. The van der Waals surface area contributed by atoms with Gasteiger partial charge in [-0.25, -0.2) is 4.98 Å². The van der Waals surface area contributed by atoms with Gasteiger partial charge in [0.15, 0.2) is 0 Å². The van der Waals surface area contributed by atoms with Crippen molar-refractivity contribution < 1.29 is 0 Å². The second-order valence-corrected chi connectivity index (χ2v) is 5.24. The van der Waals surface area contributed by atoms with E-state index in [2.05, 4.69) is 47.6 Å². The average Bonchev–Trinajstić information content (AvgIpc) is 2.38. The van der Waals surface area contributed by atoms with Crippen molar-refractivity contribution in [3.05, 3.63) is 59.3 Å². The van der Waals surface area contributed by atoms with E-state index >= 15 is 0 Å². The molecule has 1 N–H and O–H groups in total. The predicted molar refractivity (Wildman–Crippen MR) is 77.7 cm³/mol. The first-order valence-corrected chi connectivity index (χ1v) is 7.05. The van der Waals surface area contributed by atoms with Gasteiger partial charge in [-0.3, -0.25) is 0 Å². The zero-order chi connectivity index (χ0) is 12.8. The number of benzene rings is 1. The Balaban J connectivity index is 2.06. The second kappa shape index (κ2) is 6.57. The minimum absolute atomic E-state index is 0.865. The lowest BCUT2D eigenvalue weighted by atomic mass is 10.2. The highest BCUT2D eigenvalue weighted by Crippen LogP contribution is 2.24. The number of pyridine rings is 1. The van der Waals surface area contributed by atoms with Gasteiger partial charge in [0, 0.05) is 18.5 Å². The lowest BCUT2D eigenvalue weighted by molar-refractivity contribution is 0.789. The van der Waals surface area contributed by atoms with E-state index in [1.165, 1.54) is 16.7 Å². The summed E-state index contributed by atoms with van der Waals surface area (Å²) in [7, 11) is 1.96. The Labute approximate surface area is 113 Å². The summed E-state index contributed by atoms with van der Waals surface area (Å²) in [6, 6.07) is 12.7. The van der Waals surface area contributed by atoms with Crippen LogP contribution in [0, 0.1) is 6.92 Å². The van der Waals surface area contributed by atoms with Crippen molar-refractivity contribution in [3.63, 3.8) is 0 Å². The van der Waals surface area contributed by atoms with Gasteiger partial charge in [-0.2, -0.15) is 0 Å². The van der Waals surface area contributed by atoms with E-state index in [4.69, 9.17) is 0 Å². The number of aryl methyl sites for hydroxylation is 1. The molecule has 0 amide bonds. The molecule has 0 saturated carbocycles. The largest absolute Gasteiger partial charge is 0.316 e. The standard InChI is InChI=1S/C15H18N2S/c1-12-5-3-6-13(9-12)11-18-15-14(10-16-2)7-4-8-17-15/h3-9,16H,10-11H2,1-2H3. The Morgan fingerprint density at radius 1 is 1.22 bits per heavy atom. The number of rotatable bonds is 5. The SMILES string of the molecule is CNCc1cccnc1SCc1cccc(C)c1. The lowest BCUT2D eigenvalue weighted by Gasteiger charge is -2.07. The van der Waals surface area contributed by atoms with Crippen molar-refractivity contribution in [1.29, 1.82) is 0 Å². The molecule has 2 aromatic rings. The summed E-state index contributed by atoms with van der Waals surface area (Å²) in [6.45, 7) is 2.99. The van der Waals surface area contributed by atoms with Crippen LogP contribution in [0.1, 0.15) is 16.7 Å². The van der Waals surface area contributed by atoms with Crippen LogP contribution in [0.15, 0.2) is 47.6 Å². The van der Waals surface area contributed by atoms with Crippen LogP contribution in [0.2, 0.25) is 0 Å². The maximum absolute atomic E-state index is 4.46. The van der Waals surface area contributed by atoms with E-state index in [1.807, 2.05) is 19.3 Å². The van der Waals surface area contributed by atoms with Crippen molar-refractivity contribution in [3.8, 4) is 0 Å². The molecule has 0 aliphatic heterocycles. The maximum atomic E-state index is 4.46. The van der Waals surface area contributed by atoms with E-state index in [1.54, 1.807) is 11.8 Å². The Hall–Kier alpha value is -1.32. The molecule has 0 atom stereocenters. The maximum Gasteiger partial charge on any atom is 0.101 e. The summed E-state index contributed by atoms with van der Waals surface area (Å²) >= 11 is 1.80. The summed E-state index contributed by atoms with van der Waals surface area (Å²) in [5, 5.41) is 4.30. The average molecular weight is 258 g/mol. The molecular formula is C15H18N2S. The van der Waals surface area contributed by atoms with Crippen LogP contribution in [0.4, 0.5) is 0 Å². The van der Waals surface area contributed by atoms with Gasteiger partial charge in [-0.1, -0.05) is 35.9 Å². The van der Waals surface area contributed by atoms with Gasteiger partial charge in [-0.15, -0.1) is 11.8 Å². The van der Waals surface area contributed by atoms with Crippen LogP contribution in [0.3, 0.4) is 0 Å². The van der Waals surface area contributed by atoms with Crippen LogP contribution in [0.25, 0.3) is 0 Å². The molecule has 0 aliphatic rings. The number of thioether (sulfide) groups is 1. The molecule has 2 rings (SSSR count). The Kier molecular flexibility index (Phi) is 4.79. The minimum atomic E-state index is 0.865. The molecule has 0 bridgehead atoms. The summed E-state index contributed by atoms with van der Waals surface area (Å²) < 4.78 is 0. The molecule has 2 nitrogen and oxygen atoms in total. The van der Waals surface area contributed by atoms with Crippen molar-refractivity contribution in [2.75, 3.05) is 7.05 Å². The quantitative estimate of drug-likeness (QED) is 0.832. The van der Waals surface area contributed by atoms with Crippen molar-refractivity contribution >= 4 is 11.8 Å². The molecule has 18 heavy (non-hydrogen) atoms. The highest BCUT2D eigenvalue weighted by molar-refractivity contribution is 7.98. The molecule has 1 aromatic carbocycles. The molecule has 1 aromatic heterocycles. The van der Waals surface area contributed by atoms with E-state index < -0.39 is 0 Å². The van der Waals surface area contributed by atoms with Gasteiger partial charge in [-0.05, 0) is 31.2 Å². The first kappa shape index (κ1) is 13.1. The molecule has 0 unspecified atom stereocenters. The third-order valence-corrected chi connectivity index (χ3v) is 3.79. The number of hydrogen-bond acceptors (Lipinski definition) is 3. The van der Waals surface area contributed by atoms with Gasteiger partial charge in [0.05, 0.1) is 0 Å². The number of nitrogens with zero attached hydrogens (tertiary/aromatic N) is 1. The molecule has 3 heteroatoms. The second-order valence-electron chi connectivity index (χ2n) is 4.28. The number of hydrogen-bond donors (Lipinski definition) is 1. The smallest absolute Gasteiger partial charge is 0.101 e. The molecule has 0 radical (unpaired) electrons. The van der Waals surface area contributed by atoms with Crippen molar-refractivity contribution in [1.82, 2.24) is 10.3 Å². The molecule has 1 heterocycles. The predicted octanol–water partition coefficient (Wildman–Crippen LogP) is 3.40. The van der Waals surface area contributed by atoms with Crippen LogP contribution in [-0.4, -0.2) is 12.0 Å². The van der Waals surface area contributed by atoms with E-state index in [9.17, 15) is 0 Å². The fourth-order valence-electron chi connectivity index (χ4n) is 1.83. The van der Waals surface area contributed by atoms with E-state index in [0.717, 1.165) is 17.3 Å². The highest BCUT2D eigenvalue weighted by atomic mass is 32.2. The Bertz CT molecular complexity index is 511. The Morgan fingerprint density at radius 3 is 2.89 bits per heavy atom. The number of aromatic nitrogens is 1. The molecular weight excluding hydrogens is 240 g/mol.